The van der Waals surface area contributed by atoms with E-state index >= 15 is 0 Å². The Kier molecular flexibility index (Phi) is 5.74. The van der Waals surface area contributed by atoms with Crippen molar-refractivity contribution in [3.63, 3.8) is 0 Å². The number of hydrogen-bond donors (Lipinski definition) is 1. The first-order chi connectivity index (χ1) is 10.1. The van der Waals surface area contributed by atoms with Crippen LogP contribution in [0.5, 0.6) is 0 Å². The van der Waals surface area contributed by atoms with Gasteiger partial charge in [-0.15, -0.1) is 0 Å². The molecule has 1 aromatic carbocycles. The van der Waals surface area contributed by atoms with Crippen molar-refractivity contribution in [2.24, 2.45) is 0 Å². The van der Waals surface area contributed by atoms with Gasteiger partial charge in [-0.1, -0.05) is 19.4 Å². The molecule has 1 unspecified atom stereocenters. The van der Waals surface area contributed by atoms with E-state index in [1.807, 2.05) is 11.8 Å². The Hall–Kier alpha value is -1.42. The maximum atomic E-state index is 13.4. The predicted molar refractivity (Wildman–Crippen MR) is 83.0 cm³/mol. The van der Waals surface area contributed by atoms with Gasteiger partial charge in [0.1, 0.15) is 5.82 Å². The highest BCUT2D eigenvalue weighted by Crippen LogP contribution is 2.15. The van der Waals surface area contributed by atoms with E-state index in [1.54, 1.807) is 6.07 Å². The Labute approximate surface area is 126 Å². The molecule has 2 rings (SSSR count). The van der Waals surface area contributed by atoms with E-state index in [9.17, 15) is 9.18 Å². The van der Waals surface area contributed by atoms with E-state index in [2.05, 4.69) is 12.2 Å². The van der Waals surface area contributed by atoms with Gasteiger partial charge >= 0.3 is 0 Å². The highest BCUT2D eigenvalue weighted by molar-refractivity contribution is 5.95. The summed E-state index contributed by atoms with van der Waals surface area (Å²) in [6.45, 7) is 6.37. The molecule has 1 aliphatic heterocycles. The molecule has 4 heteroatoms. The molecule has 1 aliphatic rings. The van der Waals surface area contributed by atoms with Crippen molar-refractivity contribution in [3.05, 3.63) is 35.1 Å². The first kappa shape index (κ1) is 16.0. The summed E-state index contributed by atoms with van der Waals surface area (Å²) in [5, 5.41) is 3.47. The van der Waals surface area contributed by atoms with Crippen LogP contribution in [0.25, 0.3) is 0 Å². The molecule has 0 bridgehead atoms. The van der Waals surface area contributed by atoms with Gasteiger partial charge < -0.3 is 10.2 Å². The van der Waals surface area contributed by atoms with Crippen LogP contribution in [0.2, 0.25) is 0 Å². The van der Waals surface area contributed by atoms with Crippen molar-refractivity contribution in [3.8, 4) is 0 Å². The second-order valence-corrected chi connectivity index (χ2v) is 5.86. The largest absolute Gasteiger partial charge is 0.337 e. The van der Waals surface area contributed by atoms with Crippen molar-refractivity contribution in [1.29, 1.82) is 0 Å². The molecule has 0 aliphatic carbocycles. The number of carbonyl (C=O) groups excluding carboxylic acids is 1. The van der Waals surface area contributed by atoms with Gasteiger partial charge in [-0.25, -0.2) is 4.39 Å². The molecule has 1 amide bonds. The van der Waals surface area contributed by atoms with E-state index in [-0.39, 0.29) is 11.7 Å². The fourth-order valence-electron chi connectivity index (χ4n) is 2.89. The van der Waals surface area contributed by atoms with Crippen LogP contribution in [-0.2, 0) is 0 Å². The number of carbonyl (C=O) groups is 1. The number of nitrogens with one attached hydrogen (secondary N) is 1. The number of aryl methyl sites for hydroxylation is 1. The summed E-state index contributed by atoms with van der Waals surface area (Å²) in [4.78, 5) is 14.6. The number of benzene rings is 1. The second kappa shape index (κ2) is 7.55. The van der Waals surface area contributed by atoms with Gasteiger partial charge in [-0.05, 0) is 50.4 Å². The molecule has 116 valence electrons. The Morgan fingerprint density at radius 2 is 2.24 bits per heavy atom. The number of nitrogens with zero attached hydrogens (tertiary/aromatic N) is 1. The van der Waals surface area contributed by atoms with E-state index in [4.69, 9.17) is 0 Å². The molecule has 1 heterocycles. The number of piperidine rings is 1. The van der Waals surface area contributed by atoms with E-state index in [0.29, 0.717) is 24.7 Å². The molecule has 1 fully saturated rings. The molecule has 1 aromatic rings. The van der Waals surface area contributed by atoms with Crippen molar-refractivity contribution < 1.29 is 9.18 Å². The molecule has 0 saturated carbocycles. The summed E-state index contributed by atoms with van der Waals surface area (Å²) in [5.41, 5.74) is 1.32. The fourth-order valence-corrected chi connectivity index (χ4v) is 2.89. The summed E-state index contributed by atoms with van der Waals surface area (Å²) in [6.07, 6.45) is 4.44. The third kappa shape index (κ3) is 4.27. The molecular weight excluding hydrogens is 267 g/mol. The quantitative estimate of drug-likeness (QED) is 0.904. The smallest absolute Gasteiger partial charge is 0.254 e. The van der Waals surface area contributed by atoms with E-state index in [1.165, 1.54) is 25.0 Å². The molecule has 3 nitrogen and oxygen atoms in total. The molecule has 1 atom stereocenters. The highest BCUT2D eigenvalue weighted by Gasteiger charge is 2.22. The lowest BCUT2D eigenvalue weighted by Crippen LogP contribution is -2.46. The van der Waals surface area contributed by atoms with E-state index in [0.717, 1.165) is 24.9 Å². The Balaban J connectivity index is 2.12. The minimum atomic E-state index is -0.351. The number of halogens is 1. The maximum Gasteiger partial charge on any atom is 0.254 e. The minimum Gasteiger partial charge on any atom is -0.337 e. The SMILES string of the molecule is CCCN(CC1CCCCN1)C(=O)c1cc(F)ccc1C. The molecule has 1 saturated heterocycles. The lowest BCUT2D eigenvalue weighted by molar-refractivity contribution is 0.0730. The van der Waals surface area contributed by atoms with Crippen molar-refractivity contribution in [2.45, 2.75) is 45.6 Å². The van der Waals surface area contributed by atoms with Gasteiger partial charge in [0.05, 0.1) is 0 Å². The lowest BCUT2D eigenvalue weighted by Gasteiger charge is -2.31. The summed E-state index contributed by atoms with van der Waals surface area (Å²) in [5.74, 6) is -0.405. The zero-order valence-electron chi connectivity index (χ0n) is 13.0. The molecule has 0 aromatic heterocycles. The van der Waals surface area contributed by atoms with Crippen molar-refractivity contribution in [1.82, 2.24) is 10.2 Å². The van der Waals surface area contributed by atoms with Gasteiger partial charge in [0.15, 0.2) is 0 Å². The molecule has 1 N–H and O–H groups in total. The average molecular weight is 292 g/mol. The summed E-state index contributed by atoms with van der Waals surface area (Å²) in [6, 6.07) is 4.79. The average Bonchev–Trinajstić information content (AvgIpc) is 2.49. The second-order valence-electron chi connectivity index (χ2n) is 5.86. The van der Waals surface area contributed by atoms with Crippen LogP contribution in [0.3, 0.4) is 0 Å². The van der Waals surface area contributed by atoms with Gasteiger partial charge in [0.25, 0.3) is 5.91 Å². The van der Waals surface area contributed by atoms with Crippen LogP contribution in [0.1, 0.15) is 48.5 Å². The Bertz CT molecular complexity index is 484. The normalized spacial score (nSPS) is 18.5. The van der Waals surface area contributed by atoms with Gasteiger partial charge in [0, 0.05) is 24.7 Å². The summed E-state index contributed by atoms with van der Waals surface area (Å²) >= 11 is 0. The fraction of sp³-hybridized carbons (Fsp3) is 0.588. The lowest BCUT2D eigenvalue weighted by atomic mass is 10.0. The maximum absolute atomic E-state index is 13.4. The number of rotatable bonds is 5. The van der Waals surface area contributed by atoms with Crippen molar-refractivity contribution >= 4 is 5.91 Å². The molecule has 21 heavy (non-hydrogen) atoms. The van der Waals surface area contributed by atoms with Crippen LogP contribution in [0.4, 0.5) is 4.39 Å². The summed E-state index contributed by atoms with van der Waals surface area (Å²) < 4.78 is 13.4. The standard InChI is InChI=1S/C17H25FN2O/c1-3-10-20(12-15-6-4-5-9-19-15)17(21)16-11-14(18)8-7-13(16)2/h7-8,11,15,19H,3-6,9-10,12H2,1-2H3. The number of amides is 1. The first-order valence-corrected chi connectivity index (χ1v) is 7.90. The van der Waals surface area contributed by atoms with Gasteiger partial charge in [0.2, 0.25) is 0 Å². The Morgan fingerprint density at radius 3 is 2.90 bits per heavy atom. The topological polar surface area (TPSA) is 32.3 Å². The third-order valence-corrected chi connectivity index (χ3v) is 4.06. The van der Waals surface area contributed by atoms with Crippen LogP contribution in [0, 0.1) is 12.7 Å². The molecule has 0 spiro atoms. The zero-order chi connectivity index (χ0) is 15.2. The van der Waals surface area contributed by atoms with Crippen LogP contribution < -0.4 is 5.32 Å². The monoisotopic (exact) mass is 292 g/mol. The zero-order valence-corrected chi connectivity index (χ0v) is 13.0. The third-order valence-electron chi connectivity index (χ3n) is 4.06. The van der Waals surface area contributed by atoms with Crippen LogP contribution in [0.15, 0.2) is 18.2 Å². The molecule has 0 radical (unpaired) electrons. The first-order valence-electron chi connectivity index (χ1n) is 7.90. The van der Waals surface area contributed by atoms with Crippen LogP contribution in [-0.4, -0.2) is 36.5 Å². The van der Waals surface area contributed by atoms with E-state index < -0.39 is 0 Å². The predicted octanol–water partition coefficient (Wildman–Crippen LogP) is 3.13. The Morgan fingerprint density at radius 1 is 1.43 bits per heavy atom. The van der Waals surface area contributed by atoms with Crippen molar-refractivity contribution in [2.75, 3.05) is 19.6 Å². The van der Waals surface area contributed by atoms with Gasteiger partial charge in [-0.2, -0.15) is 0 Å². The highest BCUT2D eigenvalue weighted by atomic mass is 19.1. The van der Waals surface area contributed by atoms with Crippen LogP contribution >= 0.6 is 0 Å². The molecular formula is C17H25FN2O. The summed E-state index contributed by atoms with van der Waals surface area (Å²) in [7, 11) is 0. The van der Waals surface area contributed by atoms with Gasteiger partial charge in [-0.3, -0.25) is 4.79 Å². The minimum absolute atomic E-state index is 0.0544. The number of hydrogen-bond acceptors (Lipinski definition) is 2.